The summed E-state index contributed by atoms with van der Waals surface area (Å²) >= 11 is 0. The van der Waals surface area contributed by atoms with Crippen LogP contribution in [-0.2, 0) is 0 Å². The van der Waals surface area contributed by atoms with Crippen molar-refractivity contribution in [2.45, 2.75) is 37.8 Å². The van der Waals surface area contributed by atoms with E-state index in [1.807, 2.05) is 12.1 Å². The van der Waals surface area contributed by atoms with Crippen molar-refractivity contribution >= 4 is 0 Å². The molecule has 1 aliphatic rings. The third kappa shape index (κ3) is 2.23. The highest BCUT2D eigenvalue weighted by Gasteiger charge is 2.29. The number of aromatic nitrogens is 1. The maximum Gasteiger partial charge on any atom is 0.158 e. The number of nitrogens with zero attached hydrogens (tertiary/aromatic N) is 1. The second-order valence-corrected chi connectivity index (χ2v) is 3.92. The van der Waals surface area contributed by atoms with Gasteiger partial charge in [0.25, 0.3) is 0 Å². The maximum absolute atomic E-state index is 6.14. The van der Waals surface area contributed by atoms with Crippen molar-refractivity contribution in [3.05, 3.63) is 24.5 Å². The molecule has 1 aliphatic carbocycles. The summed E-state index contributed by atoms with van der Waals surface area (Å²) in [6, 6.07) is 3.76. The van der Waals surface area contributed by atoms with E-state index in [4.69, 9.17) is 10.5 Å². The third-order valence-corrected chi connectivity index (χ3v) is 2.66. The van der Waals surface area contributed by atoms with Crippen LogP contribution >= 0.6 is 0 Å². The minimum Gasteiger partial charge on any atom is -0.471 e. The molecule has 0 bridgehead atoms. The summed E-state index contributed by atoms with van der Waals surface area (Å²) in [6.07, 6.45) is 8.94. The molecule has 76 valence electrons. The standard InChI is InChI=1S/C11H16N2O/c12-11(6-2-1-3-7-11)14-10-5-4-8-13-9-10/h4-5,8-9H,1-3,6-7,12H2. The van der Waals surface area contributed by atoms with Crippen LogP contribution in [0.4, 0.5) is 0 Å². The van der Waals surface area contributed by atoms with Gasteiger partial charge in [-0.25, -0.2) is 0 Å². The molecule has 1 fully saturated rings. The Balaban J connectivity index is 2.02. The van der Waals surface area contributed by atoms with E-state index < -0.39 is 5.72 Å². The van der Waals surface area contributed by atoms with E-state index in [1.165, 1.54) is 6.42 Å². The molecule has 1 saturated carbocycles. The van der Waals surface area contributed by atoms with Crippen LogP contribution in [0.3, 0.4) is 0 Å². The lowest BCUT2D eigenvalue weighted by atomic mass is 9.92. The number of hydrogen-bond acceptors (Lipinski definition) is 3. The van der Waals surface area contributed by atoms with E-state index >= 15 is 0 Å². The predicted molar refractivity (Wildman–Crippen MR) is 54.9 cm³/mol. The summed E-state index contributed by atoms with van der Waals surface area (Å²) < 4.78 is 5.76. The Morgan fingerprint density at radius 1 is 1.29 bits per heavy atom. The Labute approximate surface area is 84.3 Å². The Morgan fingerprint density at radius 3 is 2.71 bits per heavy atom. The average Bonchev–Trinajstić information content (AvgIpc) is 2.19. The van der Waals surface area contributed by atoms with Gasteiger partial charge in [0.1, 0.15) is 5.75 Å². The zero-order valence-corrected chi connectivity index (χ0v) is 8.28. The molecule has 0 saturated heterocycles. The molecular weight excluding hydrogens is 176 g/mol. The fourth-order valence-electron chi connectivity index (χ4n) is 1.89. The Bertz CT molecular complexity index is 281. The fraction of sp³-hybridized carbons (Fsp3) is 0.545. The minimum atomic E-state index is -0.457. The Hall–Kier alpha value is -1.09. The SMILES string of the molecule is NC1(Oc2cccnc2)CCCCC1. The molecule has 2 N–H and O–H groups in total. The summed E-state index contributed by atoms with van der Waals surface area (Å²) in [5.74, 6) is 0.775. The van der Waals surface area contributed by atoms with E-state index in [0.29, 0.717) is 0 Å². The lowest BCUT2D eigenvalue weighted by Gasteiger charge is -2.33. The van der Waals surface area contributed by atoms with E-state index in [2.05, 4.69) is 4.98 Å². The maximum atomic E-state index is 6.14. The molecule has 0 unspecified atom stereocenters. The molecule has 1 heterocycles. The van der Waals surface area contributed by atoms with Gasteiger partial charge in [0, 0.05) is 19.0 Å². The van der Waals surface area contributed by atoms with Gasteiger partial charge >= 0.3 is 0 Å². The van der Waals surface area contributed by atoms with Crippen LogP contribution < -0.4 is 10.5 Å². The van der Waals surface area contributed by atoms with Gasteiger partial charge in [0.05, 0.1) is 6.20 Å². The summed E-state index contributed by atoms with van der Waals surface area (Å²) in [4.78, 5) is 4.00. The molecule has 3 heteroatoms. The first-order valence-electron chi connectivity index (χ1n) is 5.16. The van der Waals surface area contributed by atoms with Crippen LogP contribution in [0, 0.1) is 0 Å². The molecule has 1 aromatic rings. The van der Waals surface area contributed by atoms with E-state index in [9.17, 15) is 0 Å². The van der Waals surface area contributed by atoms with Crippen LogP contribution in [0.2, 0.25) is 0 Å². The number of ether oxygens (including phenoxy) is 1. The summed E-state index contributed by atoms with van der Waals surface area (Å²) in [5, 5.41) is 0. The normalized spacial score (nSPS) is 20.4. The van der Waals surface area contributed by atoms with Gasteiger partial charge < -0.3 is 4.74 Å². The number of rotatable bonds is 2. The molecule has 2 rings (SSSR count). The summed E-state index contributed by atoms with van der Waals surface area (Å²) in [5.41, 5.74) is 5.68. The zero-order chi connectivity index (χ0) is 9.86. The van der Waals surface area contributed by atoms with Crippen LogP contribution in [-0.4, -0.2) is 10.7 Å². The highest BCUT2D eigenvalue weighted by Crippen LogP contribution is 2.28. The van der Waals surface area contributed by atoms with Gasteiger partial charge in [-0.15, -0.1) is 0 Å². The van der Waals surface area contributed by atoms with Crippen molar-refractivity contribution in [2.75, 3.05) is 0 Å². The van der Waals surface area contributed by atoms with E-state index in [-0.39, 0.29) is 0 Å². The first-order valence-corrected chi connectivity index (χ1v) is 5.16. The fourth-order valence-corrected chi connectivity index (χ4v) is 1.89. The zero-order valence-electron chi connectivity index (χ0n) is 8.28. The molecule has 0 radical (unpaired) electrons. The van der Waals surface area contributed by atoms with E-state index in [1.54, 1.807) is 12.4 Å². The molecule has 0 spiro atoms. The quantitative estimate of drug-likeness (QED) is 0.730. The number of nitrogens with two attached hydrogens (primary N) is 1. The molecule has 0 aromatic carbocycles. The van der Waals surface area contributed by atoms with Gasteiger partial charge in [-0.05, 0) is 25.0 Å². The lowest BCUT2D eigenvalue weighted by Crippen LogP contribution is -2.47. The first kappa shape index (κ1) is 9.46. The molecular formula is C11H16N2O. The number of hydrogen-bond donors (Lipinski definition) is 1. The second kappa shape index (κ2) is 3.96. The number of pyridine rings is 1. The van der Waals surface area contributed by atoms with Gasteiger partial charge in [-0.2, -0.15) is 0 Å². The Morgan fingerprint density at radius 2 is 2.07 bits per heavy atom. The predicted octanol–water partition coefficient (Wildman–Crippen LogP) is 2.08. The van der Waals surface area contributed by atoms with Crippen LogP contribution in [0.5, 0.6) is 5.75 Å². The van der Waals surface area contributed by atoms with Gasteiger partial charge in [-0.1, -0.05) is 6.42 Å². The van der Waals surface area contributed by atoms with Gasteiger partial charge in [-0.3, -0.25) is 10.7 Å². The molecule has 0 aliphatic heterocycles. The molecule has 1 aromatic heterocycles. The molecule has 14 heavy (non-hydrogen) atoms. The van der Waals surface area contributed by atoms with Crippen molar-refractivity contribution in [1.82, 2.24) is 4.98 Å². The van der Waals surface area contributed by atoms with Crippen LogP contribution in [0.15, 0.2) is 24.5 Å². The van der Waals surface area contributed by atoms with Crippen molar-refractivity contribution in [3.8, 4) is 5.75 Å². The van der Waals surface area contributed by atoms with Gasteiger partial charge in [0.15, 0.2) is 5.72 Å². The Kier molecular flexibility index (Phi) is 2.68. The molecule has 0 atom stereocenters. The lowest BCUT2D eigenvalue weighted by molar-refractivity contribution is 0.0361. The minimum absolute atomic E-state index is 0.457. The summed E-state index contributed by atoms with van der Waals surface area (Å²) in [7, 11) is 0. The highest BCUT2D eigenvalue weighted by molar-refractivity contribution is 5.16. The molecule has 3 nitrogen and oxygen atoms in total. The third-order valence-electron chi connectivity index (χ3n) is 2.66. The van der Waals surface area contributed by atoms with Crippen LogP contribution in [0.1, 0.15) is 32.1 Å². The van der Waals surface area contributed by atoms with Crippen molar-refractivity contribution < 1.29 is 4.74 Å². The second-order valence-electron chi connectivity index (χ2n) is 3.92. The highest BCUT2D eigenvalue weighted by atomic mass is 16.5. The van der Waals surface area contributed by atoms with Crippen LogP contribution in [0.25, 0.3) is 0 Å². The largest absolute Gasteiger partial charge is 0.471 e. The van der Waals surface area contributed by atoms with Gasteiger partial charge in [0.2, 0.25) is 0 Å². The first-order chi connectivity index (χ1) is 6.79. The summed E-state index contributed by atoms with van der Waals surface area (Å²) in [6.45, 7) is 0. The molecule has 0 amide bonds. The average molecular weight is 192 g/mol. The van der Waals surface area contributed by atoms with E-state index in [0.717, 1.165) is 31.4 Å². The van der Waals surface area contributed by atoms with Crippen molar-refractivity contribution in [3.63, 3.8) is 0 Å². The topological polar surface area (TPSA) is 48.1 Å². The smallest absolute Gasteiger partial charge is 0.158 e. The van der Waals surface area contributed by atoms with Crippen molar-refractivity contribution in [2.24, 2.45) is 5.73 Å². The van der Waals surface area contributed by atoms with Crippen molar-refractivity contribution in [1.29, 1.82) is 0 Å². The monoisotopic (exact) mass is 192 g/mol.